The first-order chi connectivity index (χ1) is 18.0. The first kappa shape index (κ1) is 27.6. The Bertz CT molecular complexity index is 1370. The summed E-state index contributed by atoms with van der Waals surface area (Å²) in [7, 11) is -3.64. The molecule has 3 amide bonds. The van der Waals surface area contributed by atoms with Crippen LogP contribution in [-0.2, 0) is 24.2 Å². The summed E-state index contributed by atoms with van der Waals surface area (Å²) in [5, 5.41) is 5.71. The van der Waals surface area contributed by atoms with Gasteiger partial charge in [-0.1, -0.05) is 0 Å². The van der Waals surface area contributed by atoms with Crippen LogP contribution >= 0.6 is 0 Å². The Morgan fingerprint density at radius 1 is 1.13 bits per heavy atom. The van der Waals surface area contributed by atoms with Crippen LogP contribution in [0.1, 0.15) is 37.9 Å². The molecular weight excluding hydrogens is 517 g/mol. The maximum atomic E-state index is 14.6. The largest absolute Gasteiger partial charge is 0.458 e. The SMILES string of the molecule is Cc1cc2cc(NC(=N[C@H]3CCCCN(CC(=O)N4CCCC4)C3=O)NC(=O)CS(C)(=O)=O)cc(F)c2o1. The Morgan fingerprint density at radius 2 is 1.84 bits per heavy atom. The van der Waals surface area contributed by atoms with E-state index in [1.165, 1.54) is 4.90 Å². The third kappa shape index (κ3) is 7.09. The maximum Gasteiger partial charge on any atom is 0.247 e. The molecule has 3 heterocycles. The number of carbonyl (C=O) groups is 3. The van der Waals surface area contributed by atoms with E-state index >= 15 is 0 Å². The van der Waals surface area contributed by atoms with Crippen LogP contribution in [0.5, 0.6) is 0 Å². The van der Waals surface area contributed by atoms with Gasteiger partial charge in [-0.3, -0.25) is 19.7 Å². The molecule has 2 aromatic rings. The third-order valence-electron chi connectivity index (χ3n) is 6.43. The van der Waals surface area contributed by atoms with Crippen LogP contribution in [0.25, 0.3) is 11.0 Å². The Hall–Kier alpha value is -3.48. The fourth-order valence-electron chi connectivity index (χ4n) is 4.70. The third-order valence-corrected chi connectivity index (χ3v) is 7.22. The van der Waals surface area contributed by atoms with Gasteiger partial charge in [-0.25, -0.2) is 17.8 Å². The van der Waals surface area contributed by atoms with E-state index in [0.29, 0.717) is 50.0 Å². The fraction of sp³-hybridized carbons (Fsp3) is 0.520. The molecule has 38 heavy (non-hydrogen) atoms. The zero-order valence-corrected chi connectivity index (χ0v) is 22.3. The number of hydrogen-bond acceptors (Lipinski definition) is 7. The first-order valence-electron chi connectivity index (χ1n) is 12.6. The predicted octanol–water partition coefficient (Wildman–Crippen LogP) is 1.81. The zero-order chi connectivity index (χ0) is 27.4. The van der Waals surface area contributed by atoms with Gasteiger partial charge in [0.1, 0.15) is 17.6 Å². The number of aryl methyl sites for hydroxylation is 1. The molecule has 1 atom stereocenters. The molecule has 0 unspecified atom stereocenters. The number of nitrogens with one attached hydrogen (secondary N) is 2. The van der Waals surface area contributed by atoms with E-state index in [1.807, 2.05) is 0 Å². The number of anilines is 1. The smallest absolute Gasteiger partial charge is 0.247 e. The number of halogens is 1. The van der Waals surface area contributed by atoms with Crippen molar-refractivity contribution >= 4 is 50.2 Å². The normalized spacial score (nSPS) is 19.1. The van der Waals surface area contributed by atoms with Gasteiger partial charge < -0.3 is 19.5 Å². The Morgan fingerprint density at radius 3 is 2.55 bits per heavy atom. The number of guanidine groups is 1. The molecule has 4 rings (SSSR count). The van der Waals surface area contributed by atoms with Gasteiger partial charge in [-0.2, -0.15) is 0 Å². The van der Waals surface area contributed by atoms with Gasteiger partial charge in [0, 0.05) is 43.0 Å². The summed E-state index contributed by atoms with van der Waals surface area (Å²) in [6.45, 7) is 3.41. The molecule has 2 aliphatic heterocycles. The van der Waals surface area contributed by atoms with Gasteiger partial charge in [-0.05, 0) is 51.2 Å². The van der Waals surface area contributed by atoms with E-state index in [0.717, 1.165) is 25.2 Å². The van der Waals surface area contributed by atoms with Crippen molar-refractivity contribution < 1.29 is 31.6 Å². The standard InChI is InChI=1S/C25H32FN5O6S/c1-16-11-17-12-18(13-19(26)23(17)37-16)27-25(29-21(32)15-38(2,35)36)28-20-7-3-4-10-31(24(20)34)14-22(33)30-8-5-6-9-30/h11-13,20H,3-10,14-15H2,1-2H3,(H2,27,28,29,32)/t20-/m0/s1. The molecule has 1 aromatic heterocycles. The van der Waals surface area contributed by atoms with Crippen molar-refractivity contribution in [1.82, 2.24) is 15.1 Å². The number of furan rings is 1. The van der Waals surface area contributed by atoms with Crippen LogP contribution in [-0.4, -0.2) is 86.1 Å². The lowest BCUT2D eigenvalue weighted by Crippen LogP contribution is -2.46. The van der Waals surface area contributed by atoms with Crippen molar-refractivity contribution in [3.63, 3.8) is 0 Å². The summed E-state index contributed by atoms with van der Waals surface area (Å²) in [6.07, 6.45) is 4.53. The van der Waals surface area contributed by atoms with Crippen LogP contribution in [0, 0.1) is 12.7 Å². The molecule has 2 N–H and O–H groups in total. The summed E-state index contributed by atoms with van der Waals surface area (Å²) in [5.74, 6) is -2.45. The number of rotatable bonds is 6. The molecule has 0 aliphatic carbocycles. The predicted molar refractivity (Wildman–Crippen MR) is 140 cm³/mol. The van der Waals surface area contributed by atoms with E-state index in [4.69, 9.17) is 4.42 Å². The van der Waals surface area contributed by atoms with E-state index < -0.39 is 33.4 Å². The van der Waals surface area contributed by atoms with E-state index in [9.17, 15) is 27.2 Å². The fourth-order valence-corrected chi connectivity index (χ4v) is 5.25. The Balaban J connectivity index is 1.59. The molecule has 2 fully saturated rings. The molecule has 0 spiro atoms. The Kier molecular flexibility index (Phi) is 8.34. The summed E-state index contributed by atoms with van der Waals surface area (Å²) in [5.41, 5.74) is 0.293. The van der Waals surface area contributed by atoms with Gasteiger partial charge in [0.15, 0.2) is 21.2 Å². The van der Waals surface area contributed by atoms with Crippen LogP contribution in [0.3, 0.4) is 0 Å². The van der Waals surface area contributed by atoms with E-state index in [2.05, 4.69) is 15.6 Å². The van der Waals surface area contributed by atoms with Crippen molar-refractivity contribution in [3.8, 4) is 0 Å². The molecule has 11 nitrogen and oxygen atoms in total. The maximum absolute atomic E-state index is 14.6. The van der Waals surface area contributed by atoms with Crippen molar-refractivity contribution in [2.75, 3.05) is 43.5 Å². The molecule has 13 heteroatoms. The molecule has 0 saturated carbocycles. The van der Waals surface area contributed by atoms with Crippen LogP contribution in [0.4, 0.5) is 10.1 Å². The summed E-state index contributed by atoms with van der Waals surface area (Å²) in [4.78, 5) is 46.2. The zero-order valence-electron chi connectivity index (χ0n) is 21.5. The number of likely N-dealkylation sites (tertiary alicyclic amines) is 2. The molecule has 0 radical (unpaired) electrons. The topological polar surface area (TPSA) is 141 Å². The lowest BCUT2D eigenvalue weighted by atomic mass is 10.1. The number of aliphatic imine (C=N–C) groups is 1. The number of nitrogens with zero attached hydrogens (tertiary/aromatic N) is 3. The molecule has 2 saturated heterocycles. The minimum atomic E-state index is -3.64. The highest BCUT2D eigenvalue weighted by Gasteiger charge is 2.30. The second-order valence-corrected chi connectivity index (χ2v) is 12.0. The number of benzene rings is 1. The summed E-state index contributed by atoms with van der Waals surface area (Å²) < 4.78 is 43.3. The molecule has 206 valence electrons. The van der Waals surface area contributed by atoms with Gasteiger partial charge in [-0.15, -0.1) is 0 Å². The number of carbonyl (C=O) groups excluding carboxylic acids is 3. The monoisotopic (exact) mass is 549 g/mol. The minimum absolute atomic E-state index is 0.0459. The average Bonchev–Trinajstić information content (AvgIpc) is 3.44. The average molecular weight is 550 g/mol. The van der Waals surface area contributed by atoms with Gasteiger partial charge >= 0.3 is 0 Å². The van der Waals surface area contributed by atoms with Gasteiger partial charge in [0.2, 0.25) is 23.7 Å². The summed E-state index contributed by atoms with van der Waals surface area (Å²) in [6, 6.07) is 3.46. The van der Waals surface area contributed by atoms with Crippen LogP contribution in [0.2, 0.25) is 0 Å². The lowest BCUT2D eigenvalue weighted by molar-refractivity contribution is -0.140. The van der Waals surface area contributed by atoms with Gasteiger partial charge in [0.25, 0.3) is 0 Å². The minimum Gasteiger partial charge on any atom is -0.458 e. The van der Waals surface area contributed by atoms with E-state index in [-0.39, 0.29) is 35.6 Å². The molecular formula is C25H32FN5O6S. The summed E-state index contributed by atoms with van der Waals surface area (Å²) >= 11 is 0. The Labute approximate surface area is 220 Å². The highest BCUT2D eigenvalue weighted by atomic mass is 32.2. The second kappa shape index (κ2) is 11.5. The second-order valence-electron chi connectivity index (χ2n) is 9.81. The van der Waals surface area contributed by atoms with Crippen molar-refractivity contribution in [2.45, 2.75) is 45.1 Å². The van der Waals surface area contributed by atoms with Crippen LogP contribution in [0.15, 0.2) is 27.6 Å². The quantitative estimate of drug-likeness (QED) is 0.414. The first-order valence-corrected chi connectivity index (χ1v) is 14.6. The number of sulfone groups is 1. The molecule has 1 aromatic carbocycles. The van der Waals surface area contributed by atoms with Gasteiger partial charge in [0.05, 0.1) is 6.54 Å². The van der Waals surface area contributed by atoms with Crippen molar-refractivity contribution in [2.24, 2.45) is 4.99 Å². The molecule has 2 aliphatic rings. The van der Waals surface area contributed by atoms with E-state index in [1.54, 1.807) is 24.0 Å². The lowest BCUT2D eigenvalue weighted by Gasteiger charge is -2.25. The van der Waals surface area contributed by atoms with Crippen molar-refractivity contribution in [1.29, 1.82) is 0 Å². The highest BCUT2D eigenvalue weighted by molar-refractivity contribution is 7.91. The highest BCUT2D eigenvalue weighted by Crippen LogP contribution is 2.26. The number of amides is 3. The number of hydrogen-bond donors (Lipinski definition) is 2. The molecule has 0 bridgehead atoms. The number of fused-ring (bicyclic) bond motifs is 1. The van der Waals surface area contributed by atoms with Crippen molar-refractivity contribution in [3.05, 3.63) is 29.8 Å². The van der Waals surface area contributed by atoms with Crippen LogP contribution < -0.4 is 10.6 Å².